The van der Waals surface area contributed by atoms with Crippen molar-refractivity contribution >= 4 is 55.2 Å². The molecule has 0 N–H and O–H groups in total. The second kappa shape index (κ2) is 7.94. The van der Waals surface area contributed by atoms with Gasteiger partial charge in [-0.2, -0.15) is 0 Å². The van der Waals surface area contributed by atoms with Crippen LogP contribution in [0.5, 0.6) is 5.88 Å². The lowest BCUT2D eigenvalue weighted by atomic mass is 10.3. The molecule has 3 heterocycles. The van der Waals surface area contributed by atoms with Crippen molar-refractivity contribution in [3.05, 3.63) is 47.1 Å². The maximum Gasteiger partial charge on any atom is 0.233 e. The zero-order chi connectivity index (χ0) is 17.9. The SMILES string of the molecule is O=C(CSc1nc2ccccc2s1)N1CCC(Oc2ccc(Br)cn2)C1. The summed E-state index contributed by atoms with van der Waals surface area (Å²) in [6, 6.07) is 11.8. The smallest absolute Gasteiger partial charge is 0.233 e. The number of likely N-dealkylation sites (tertiary alicyclic amines) is 1. The highest BCUT2D eigenvalue weighted by atomic mass is 79.9. The molecule has 3 aromatic rings. The Balaban J connectivity index is 1.29. The number of hydrogen-bond donors (Lipinski definition) is 0. The second-order valence-electron chi connectivity index (χ2n) is 5.92. The standard InChI is InChI=1S/C18H16BrN3O2S2/c19-12-5-6-16(20-9-12)24-13-7-8-22(10-13)17(23)11-25-18-21-14-3-1-2-4-15(14)26-18/h1-6,9,13H,7-8,10-11H2. The number of rotatable bonds is 5. The molecule has 0 aliphatic carbocycles. The molecule has 0 bridgehead atoms. The number of benzene rings is 1. The number of amides is 1. The molecule has 1 aliphatic heterocycles. The zero-order valence-corrected chi connectivity index (χ0v) is 17.0. The highest BCUT2D eigenvalue weighted by molar-refractivity contribution is 9.10. The lowest BCUT2D eigenvalue weighted by Gasteiger charge is -2.16. The Morgan fingerprint density at radius 3 is 3.04 bits per heavy atom. The number of aromatic nitrogens is 2. The molecular formula is C18H16BrN3O2S2. The first-order valence-corrected chi connectivity index (χ1v) is 10.8. The van der Waals surface area contributed by atoms with Gasteiger partial charge in [-0.25, -0.2) is 9.97 Å². The fraction of sp³-hybridized carbons (Fsp3) is 0.278. The molecule has 1 saturated heterocycles. The lowest BCUT2D eigenvalue weighted by molar-refractivity contribution is -0.127. The van der Waals surface area contributed by atoms with Crippen molar-refractivity contribution in [2.75, 3.05) is 18.8 Å². The fourth-order valence-corrected chi connectivity index (χ4v) is 4.99. The van der Waals surface area contributed by atoms with E-state index < -0.39 is 0 Å². The number of nitrogens with zero attached hydrogens (tertiary/aromatic N) is 3. The van der Waals surface area contributed by atoms with E-state index in [1.165, 1.54) is 11.8 Å². The Labute approximate surface area is 167 Å². The summed E-state index contributed by atoms with van der Waals surface area (Å²) in [7, 11) is 0. The molecule has 1 aromatic carbocycles. The van der Waals surface area contributed by atoms with Gasteiger partial charge in [0.05, 0.1) is 22.5 Å². The number of carbonyl (C=O) groups excluding carboxylic acids is 1. The van der Waals surface area contributed by atoms with Crippen molar-refractivity contribution in [2.24, 2.45) is 0 Å². The summed E-state index contributed by atoms with van der Waals surface area (Å²) in [5.74, 6) is 1.13. The Bertz CT molecular complexity index is 883. The summed E-state index contributed by atoms with van der Waals surface area (Å²) in [5, 5.41) is 0. The Morgan fingerprint density at radius 2 is 2.23 bits per heavy atom. The van der Waals surface area contributed by atoms with Gasteiger partial charge in [0.1, 0.15) is 6.10 Å². The maximum atomic E-state index is 12.5. The molecular weight excluding hydrogens is 434 g/mol. The van der Waals surface area contributed by atoms with Crippen molar-refractivity contribution in [1.29, 1.82) is 0 Å². The average Bonchev–Trinajstić information content (AvgIpc) is 3.28. The summed E-state index contributed by atoms with van der Waals surface area (Å²) in [4.78, 5) is 23.1. The van der Waals surface area contributed by atoms with Crippen LogP contribution in [0.1, 0.15) is 6.42 Å². The van der Waals surface area contributed by atoms with Crippen LogP contribution in [0, 0.1) is 0 Å². The normalized spacial score (nSPS) is 17.0. The van der Waals surface area contributed by atoms with Gasteiger partial charge in [-0.3, -0.25) is 4.79 Å². The third-order valence-electron chi connectivity index (χ3n) is 4.08. The van der Waals surface area contributed by atoms with Crippen LogP contribution in [0.4, 0.5) is 0 Å². The quantitative estimate of drug-likeness (QED) is 0.545. The van der Waals surface area contributed by atoms with Gasteiger partial charge in [0.2, 0.25) is 11.8 Å². The molecule has 1 atom stereocenters. The minimum atomic E-state index is 0.0000707. The topological polar surface area (TPSA) is 55.3 Å². The van der Waals surface area contributed by atoms with Gasteiger partial charge >= 0.3 is 0 Å². The molecule has 0 spiro atoms. The molecule has 5 nitrogen and oxygen atoms in total. The van der Waals surface area contributed by atoms with Gasteiger partial charge in [-0.1, -0.05) is 23.9 Å². The Kier molecular flexibility index (Phi) is 5.42. The van der Waals surface area contributed by atoms with E-state index in [1.807, 2.05) is 35.2 Å². The van der Waals surface area contributed by atoms with E-state index in [2.05, 4.69) is 32.0 Å². The lowest BCUT2D eigenvalue weighted by Crippen LogP contribution is -2.32. The number of carbonyl (C=O) groups is 1. The summed E-state index contributed by atoms with van der Waals surface area (Å²) in [5.41, 5.74) is 0.990. The average molecular weight is 450 g/mol. The van der Waals surface area contributed by atoms with Crippen LogP contribution in [0.2, 0.25) is 0 Å². The van der Waals surface area contributed by atoms with Crippen LogP contribution < -0.4 is 4.74 Å². The van der Waals surface area contributed by atoms with Gasteiger partial charge in [0.25, 0.3) is 0 Å². The first-order chi connectivity index (χ1) is 12.7. The predicted octanol–water partition coefficient (Wildman–Crippen LogP) is 4.23. The summed E-state index contributed by atoms with van der Waals surface area (Å²) >= 11 is 6.49. The molecule has 4 rings (SSSR count). The van der Waals surface area contributed by atoms with Crippen molar-refractivity contribution in [3.63, 3.8) is 0 Å². The van der Waals surface area contributed by atoms with Crippen molar-refractivity contribution in [3.8, 4) is 5.88 Å². The van der Waals surface area contributed by atoms with Gasteiger partial charge in [0.15, 0.2) is 4.34 Å². The fourth-order valence-electron chi connectivity index (χ4n) is 2.78. The van der Waals surface area contributed by atoms with E-state index in [-0.39, 0.29) is 12.0 Å². The van der Waals surface area contributed by atoms with Crippen LogP contribution in [0.15, 0.2) is 51.4 Å². The monoisotopic (exact) mass is 449 g/mol. The summed E-state index contributed by atoms with van der Waals surface area (Å²) in [6.45, 7) is 1.33. The third kappa shape index (κ3) is 4.19. The Morgan fingerprint density at radius 1 is 1.35 bits per heavy atom. The van der Waals surface area contributed by atoms with Crippen LogP contribution in [-0.2, 0) is 4.79 Å². The number of hydrogen-bond acceptors (Lipinski definition) is 6. The summed E-state index contributed by atoms with van der Waals surface area (Å²) < 4.78 is 8.87. The number of halogens is 1. The van der Waals surface area contributed by atoms with Gasteiger partial charge < -0.3 is 9.64 Å². The van der Waals surface area contributed by atoms with Crippen molar-refractivity contribution in [1.82, 2.24) is 14.9 Å². The predicted molar refractivity (Wildman–Crippen MR) is 108 cm³/mol. The van der Waals surface area contributed by atoms with E-state index in [4.69, 9.17) is 4.74 Å². The molecule has 1 aliphatic rings. The number of para-hydroxylation sites is 1. The molecule has 1 unspecified atom stereocenters. The van der Waals surface area contributed by atoms with E-state index >= 15 is 0 Å². The van der Waals surface area contributed by atoms with Crippen LogP contribution >= 0.6 is 39.0 Å². The molecule has 1 fully saturated rings. The van der Waals surface area contributed by atoms with E-state index in [0.717, 1.165) is 32.0 Å². The first-order valence-electron chi connectivity index (χ1n) is 8.22. The number of thioether (sulfide) groups is 1. The molecule has 2 aromatic heterocycles. The maximum absolute atomic E-state index is 12.5. The van der Waals surface area contributed by atoms with Crippen LogP contribution in [-0.4, -0.2) is 45.7 Å². The molecule has 0 radical (unpaired) electrons. The van der Waals surface area contributed by atoms with Crippen molar-refractivity contribution in [2.45, 2.75) is 16.9 Å². The summed E-state index contributed by atoms with van der Waals surface area (Å²) in [6.07, 6.45) is 2.54. The van der Waals surface area contributed by atoms with Gasteiger partial charge in [0, 0.05) is 29.7 Å². The van der Waals surface area contributed by atoms with Gasteiger partial charge in [-0.05, 0) is 34.1 Å². The minimum Gasteiger partial charge on any atom is -0.472 e. The highest BCUT2D eigenvalue weighted by Gasteiger charge is 2.28. The minimum absolute atomic E-state index is 0.0000707. The number of fused-ring (bicyclic) bond motifs is 1. The third-order valence-corrected chi connectivity index (χ3v) is 6.71. The molecule has 8 heteroatoms. The van der Waals surface area contributed by atoms with Crippen molar-refractivity contribution < 1.29 is 9.53 Å². The number of pyridine rings is 1. The molecule has 134 valence electrons. The van der Waals surface area contributed by atoms with Crippen LogP contribution in [0.25, 0.3) is 10.2 Å². The Hall–Kier alpha value is -1.64. The molecule has 0 saturated carbocycles. The highest BCUT2D eigenvalue weighted by Crippen LogP contribution is 2.29. The first kappa shape index (κ1) is 17.8. The molecule has 26 heavy (non-hydrogen) atoms. The van der Waals surface area contributed by atoms with E-state index in [9.17, 15) is 4.79 Å². The van der Waals surface area contributed by atoms with E-state index in [1.54, 1.807) is 17.5 Å². The molecule has 1 amide bonds. The number of ether oxygens (including phenoxy) is 1. The van der Waals surface area contributed by atoms with Gasteiger partial charge in [-0.15, -0.1) is 11.3 Å². The number of thiazole rings is 1. The zero-order valence-electron chi connectivity index (χ0n) is 13.8. The second-order valence-corrected chi connectivity index (χ2v) is 9.09. The van der Waals surface area contributed by atoms with E-state index in [0.29, 0.717) is 18.2 Å². The largest absolute Gasteiger partial charge is 0.472 e. The van der Waals surface area contributed by atoms with Crippen LogP contribution in [0.3, 0.4) is 0 Å².